The Morgan fingerprint density at radius 1 is 1.27 bits per heavy atom. The molecule has 0 atom stereocenters. The highest BCUT2D eigenvalue weighted by Gasteiger charge is 2.05. The molecule has 0 unspecified atom stereocenters. The zero-order valence-corrected chi connectivity index (χ0v) is 9.59. The van der Waals surface area contributed by atoms with Crippen molar-refractivity contribution in [3.8, 4) is 0 Å². The summed E-state index contributed by atoms with van der Waals surface area (Å²) >= 11 is 2.90. The van der Waals surface area contributed by atoms with Crippen LogP contribution in [-0.2, 0) is 5.75 Å². The third-order valence-electron chi connectivity index (χ3n) is 1.49. The predicted octanol–water partition coefficient (Wildman–Crippen LogP) is 1.87. The van der Waals surface area contributed by atoms with Crippen molar-refractivity contribution in [2.75, 3.05) is 6.26 Å². The zero-order valence-electron chi connectivity index (χ0n) is 7.95. The lowest BCUT2D eigenvalue weighted by molar-refractivity contribution is 0.427. The van der Waals surface area contributed by atoms with Crippen molar-refractivity contribution < 1.29 is 4.42 Å². The molecule has 0 bridgehead atoms. The van der Waals surface area contributed by atoms with E-state index in [4.69, 9.17) is 4.42 Å². The lowest BCUT2D eigenvalue weighted by atomic mass is 10.7. The molecule has 2 heterocycles. The molecule has 0 fully saturated rings. The summed E-state index contributed by atoms with van der Waals surface area (Å²) in [5.74, 6) is 1.19. The number of thioether (sulfide) groups is 2. The van der Waals surface area contributed by atoms with Gasteiger partial charge in [-0.3, -0.25) is 0 Å². The number of hydrogen-bond donors (Lipinski definition) is 0. The van der Waals surface area contributed by atoms with Gasteiger partial charge in [0.1, 0.15) is 0 Å². The molecule has 2 aromatic heterocycles. The van der Waals surface area contributed by atoms with Gasteiger partial charge in [-0.25, -0.2) is 9.97 Å². The lowest BCUT2D eigenvalue weighted by Crippen LogP contribution is -1.85. The van der Waals surface area contributed by atoms with Crippen LogP contribution in [0.1, 0.15) is 5.89 Å². The molecule has 0 aliphatic carbocycles. The minimum Gasteiger partial charge on any atom is -0.415 e. The fourth-order valence-electron chi connectivity index (χ4n) is 0.865. The van der Waals surface area contributed by atoms with E-state index in [9.17, 15) is 0 Å². The van der Waals surface area contributed by atoms with Crippen molar-refractivity contribution in [3.63, 3.8) is 0 Å². The second kappa shape index (κ2) is 5.13. The monoisotopic (exact) mass is 240 g/mol. The Morgan fingerprint density at radius 3 is 2.73 bits per heavy atom. The highest BCUT2D eigenvalue weighted by atomic mass is 32.2. The van der Waals surface area contributed by atoms with Gasteiger partial charge in [-0.15, -0.1) is 10.2 Å². The highest BCUT2D eigenvalue weighted by molar-refractivity contribution is 7.98. The largest absolute Gasteiger partial charge is 0.415 e. The molecule has 15 heavy (non-hydrogen) atoms. The van der Waals surface area contributed by atoms with E-state index < -0.39 is 0 Å². The molecule has 7 heteroatoms. The summed E-state index contributed by atoms with van der Waals surface area (Å²) in [7, 11) is 0. The van der Waals surface area contributed by atoms with Gasteiger partial charge in [-0.1, -0.05) is 23.5 Å². The van der Waals surface area contributed by atoms with Crippen molar-refractivity contribution in [1.82, 2.24) is 20.2 Å². The Hall–Kier alpha value is -1.08. The van der Waals surface area contributed by atoms with Crippen LogP contribution in [0.3, 0.4) is 0 Å². The van der Waals surface area contributed by atoms with Crippen molar-refractivity contribution in [1.29, 1.82) is 0 Å². The summed E-state index contributed by atoms with van der Waals surface area (Å²) in [6, 6.07) is 1.78. The molecule has 0 aromatic carbocycles. The lowest BCUT2D eigenvalue weighted by Gasteiger charge is -1.94. The molecule has 0 N–H and O–H groups in total. The van der Waals surface area contributed by atoms with Crippen LogP contribution in [0, 0.1) is 0 Å². The second-order valence-electron chi connectivity index (χ2n) is 2.49. The van der Waals surface area contributed by atoms with E-state index >= 15 is 0 Å². The zero-order chi connectivity index (χ0) is 10.5. The number of aromatic nitrogens is 4. The number of rotatable bonds is 4. The standard InChI is InChI=1S/C8H8N4OS2/c1-14-8-12-11-6(13-8)5-15-7-9-3-2-4-10-7/h2-4H,5H2,1H3. The van der Waals surface area contributed by atoms with E-state index in [1.54, 1.807) is 18.5 Å². The molecule has 0 amide bonds. The first-order chi connectivity index (χ1) is 7.38. The van der Waals surface area contributed by atoms with Gasteiger partial charge in [0.2, 0.25) is 5.89 Å². The first-order valence-electron chi connectivity index (χ1n) is 4.14. The molecule has 0 spiro atoms. The summed E-state index contributed by atoms with van der Waals surface area (Å²) in [4.78, 5) is 8.16. The third-order valence-corrected chi connectivity index (χ3v) is 2.86. The molecular weight excluding hydrogens is 232 g/mol. The SMILES string of the molecule is CSc1nnc(CSc2ncccn2)o1. The Labute approximate surface area is 95.1 Å². The van der Waals surface area contributed by atoms with Crippen LogP contribution in [0.15, 0.2) is 33.3 Å². The minimum atomic E-state index is 0.583. The highest BCUT2D eigenvalue weighted by Crippen LogP contribution is 2.19. The molecule has 2 aromatic rings. The van der Waals surface area contributed by atoms with E-state index in [2.05, 4.69) is 20.2 Å². The molecule has 0 aliphatic heterocycles. The Kier molecular flexibility index (Phi) is 3.57. The maximum absolute atomic E-state index is 5.32. The summed E-state index contributed by atoms with van der Waals surface area (Å²) < 4.78 is 5.32. The van der Waals surface area contributed by atoms with Crippen LogP contribution in [0.2, 0.25) is 0 Å². The molecule has 2 rings (SSSR count). The summed E-state index contributed by atoms with van der Waals surface area (Å²) in [6.07, 6.45) is 5.30. The number of nitrogens with zero attached hydrogens (tertiary/aromatic N) is 4. The number of hydrogen-bond acceptors (Lipinski definition) is 7. The summed E-state index contributed by atoms with van der Waals surface area (Å²) in [5, 5.41) is 9.02. The first kappa shape index (κ1) is 10.4. The van der Waals surface area contributed by atoms with Gasteiger partial charge in [0.05, 0.1) is 5.75 Å². The fourth-order valence-corrected chi connectivity index (χ4v) is 1.81. The molecule has 0 saturated carbocycles. The van der Waals surface area contributed by atoms with Crippen molar-refractivity contribution in [2.45, 2.75) is 16.1 Å². The van der Waals surface area contributed by atoms with Gasteiger partial charge >= 0.3 is 0 Å². The first-order valence-corrected chi connectivity index (χ1v) is 6.35. The molecule has 0 radical (unpaired) electrons. The molecule has 5 nitrogen and oxygen atoms in total. The Balaban J connectivity index is 1.93. The van der Waals surface area contributed by atoms with Crippen molar-refractivity contribution in [3.05, 3.63) is 24.4 Å². The summed E-state index contributed by atoms with van der Waals surface area (Å²) in [5.41, 5.74) is 0. The predicted molar refractivity (Wildman–Crippen MR) is 57.7 cm³/mol. The molecule has 78 valence electrons. The normalized spacial score (nSPS) is 10.5. The van der Waals surface area contributed by atoms with Gasteiger partial charge in [0.25, 0.3) is 5.22 Å². The van der Waals surface area contributed by atoms with Crippen LogP contribution < -0.4 is 0 Å². The molecular formula is C8H8N4OS2. The quantitative estimate of drug-likeness (QED) is 0.597. The maximum atomic E-state index is 5.32. The van der Waals surface area contributed by atoms with Crippen LogP contribution in [0.4, 0.5) is 0 Å². The average Bonchev–Trinajstić information content (AvgIpc) is 2.76. The van der Waals surface area contributed by atoms with Crippen molar-refractivity contribution >= 4 is 23.5 Å². The van der Waals surface area contributed by atoms with E-state index in [-0.39, 0.29) is 0 Å². The Bertz CT molecular complexity index is 420. The molecule has 0 saturated heterocycles. The van der Waals surface area contributed by atoms with Crippen LogP contribution >= 0.6 is 23.5 Å². The van der Waals surface area contributed by atoms with Crippen LogP contribution in [0.25, 0.3) is 0 Å². The fraction of sp³-hybridized carbons (Fsp3) is 0.250. The van der Waals surface area contributed by atoms with E-state index in [0.29, 0.717) is 22.0 Å². The maximum Gasteiger partial charge on any atom is 0.276 e. The van der Waals surface area contributed by atoms with Gasteiger partial charge in [-0.05, 0) is 12.3 Å². The van der Waals surface area contributed by atoms with Gasteiger partial charge in [-0.2, -0.15) is 0 Å². The average molecular weight is 240 g/mol. The van der Waals surface area contributed by atoms with Crippen LogP contribution in [0.5, 0.6) is 0 Å². The van der Waals surface area contributed by atoms with E-state index in [0.717, 1.165) is 0 Å². The smallest absolute Gasteiger partial charge is 0.276 e. The third kappa shape index (κ3) is 2.93. The van der Waals surface area contributed by atoms with Gasteiger partial charge in [0.15, 0.2) is 5.16 Å². The van der Waals surface area contributed by atoms with E-state index in [1.165, 1.54) is 23.5 Å². The van der Waals surface area contributed by atoms with Crippen LogP contribution in [-0.4, -0.2) is 26.4 Å². The topological polar surface area (TPSA) is 64.7 Å². The van der Waals surface area contributed by atoms with Gasteiger partial charge < -0.3 is 4.42 Å². The second-order valence-corrected chi connectivity index (χ2v) is 4.19. The van der Waals surface area contributed by atoms with Crippen molar-refractivity contribution in [2.24, 2.45) is 0 Å². The Morgan fingerprint density at radius 2 is 2.07 bits per heavy atom. The van der Waals surface area contributed by atoms with E-state index in [1.807, 2.05) is 6.26 Å². The summed E-state index contributed by atoms with van der Waals surface area (Å²) in [6.45, 7) is 0. The minimum absolute atomic E-state index is 0.583. The van der Waals surface area contributed by atoms with Gasteiger partial charge in [0, 0.05) is 12.4 Å². The molecule has 0 aliphatic rings.